The summed E-state index contributed by atoms with van der Waals surface area (Å²) in [4.78, 5) is 6.07. The lowest BCUT2D eigenvalue weighted by atomic mass is 9.92. The van der Waals surface area contributed by atoms with Crippen molar-refractivity contribution in [3.8, 4) is 5.75 Å². The number of fused-ring (bicyclic) bond motifs is 3. The van der Waals surface area contributed by atoms with Gasteiger partial charge >= 0.3 is 0 Å². The van der Waals surface area contributed by atoms with Crippen molar-refractivity contribution in [2.45, 2.75) is 19.0 Å². The van der Waals surface area contributed by atoms with E-state index < -0.39 is 0 Å². The number of para-hydroxylation sites is 1. The number of hydrogen-bond donors (Lipinski definition) is 2. The number of halogens is 1. The fourth-order valence-electron chi connectivity index (χ4n) is 4.62. The van der Waals surface area contributed by atoms with E-state index in [1.807, 2.05) is 36.4 Å². The Labute approximate surface area is 180 Å². The van der Waals surface area contributed by atoms with E-state index in [1.54, 1.807) is 0 Å². The van der Waals surface area contributed by atoms with Crippen molar-refractivity contribution in [3.05, 3.63) is 101 Å². The molecule has 1 unspecified atom stereocenters. The van der Waals surface area contributed by atoms with Crippen LogP contribution in [0.15, 0.2) is 72.8 Å². The first-order valence-electron chi connectivity index (χ1n) is 10.6. The fraction of sp³-hybridized carbons (Fsp3) is 0.231. The number of aliphatic hydroxyl groups excluding tert-OH is 1. The Morgan fingerprint density at radius 3 is 2.71 bits per heavy atom. The van der Waals surface area contributed by atoms with Gasteiger partial charge in [0.15, 0.2) is 0 Å². The van der Waals surface area contributed by atoms with Gasteiger partial charge < -0.3 is 14.8 Å². The summed E-state index contributed by atoms with van der Waals surface area (Å²) in [5.74, 6) is 0.532. The molecule has 0 radical (unpaired) electrons. The number of aliphatic hydroxyl groups is 1. The second kappa shape index (κ2) is 8.53. The van der Waals surface area contributed by atoms with Crippen LogP contribution in [-0.4, -0.2) is 34.7 Å². The molecule has 2 heterocycles. The predicted molar refractivity (Wildman–Crippen MR) is 120 cm³/mol. The van der Waals surface area contributed by atoms with Crippen LogP contribution in [-0.2, 0) is 13.0 Å². The normalized spacial score (nSPS) is 16.4. The molecule has 5 heteroatoms. The average Bonchev–Trinajstić information content (AvgIpc) is 3.17. The number of ether oxygens (including phenoxy) is 1. The molecule has 4 nitrogen and oxygen atoms in total. The Kier molecular flexibility index (Phi) is 5.45. The van der Waals surface area contributed by atoms with Gasteiger partial charge in [0.2, 0.25) is 0 Å². The van der Waals surface area contributed by atoms with Crippen LogP contribution in [0.2, 0.25) is 0 Å². The molecule has 0 spiro atoms. The zero-order valence-corrected chi connectivity index (χ0v) is 17.2. The third-order valence-electron chi connectivity index (χ3n) is 5.96. The number of H-pyrrole nitrogens is 1. The van der Waals surface area contributed by atoms with Crippen molar-refractivity contribution in [2.75, 3.05) is 19.8 Å². The van der Waals surface area contributed by atoms with Crippen LogP contribution in [0.4, 0.5) is 4.39 Å². The van der Waals surface area contributed by atoms with E-state index in [2.05, 4.69) is 34.1 Å². The fourth-order valence-corrected chi connectivity index (χ4v) is 4.62. The van der Waals surface area contributed by atoms with Crippen molar-refractivity contribution in [3.63, 3.8) is 0 Å². The number of aromatic amines is 1. The van der Waals surface area contributed by atoms with Gasteiger partial charge in [-0.1, -0.05) is 42.5 Å². The van der Waals surface area contributed by atoms with Crippen LogP contribution < -0.4 is 4.74 Å². The van der Waals surface area contributed by atoms with Gasteiger partial charge in [0.25, 0.3) is 0 Å². The smallest absolute Gasteiger partial charge is 0.123 e. The van der Waals surface area contributed by atoms with Gasteiger partial charge in [-0.25, -0.2) is 4.39 Å². The minimum atomic E-state index is -0.225. The molecule has 0 fully saturated rings. The summed E-state index contributed by atoms with van der Waals surface area (Å²) < 4.78 is 19.2. The number of aromatic nitrogens is 1. The van der Waals surface area contributed by atoms with Crippen LogP contribution in [0.5, 0.6) is 5.75 Å². The van der Waals surface area contributed by atoms with E-state index in [1.165, 1.54) is 28.8 Å². The number of nitrogens with zero attached hydrogens (tertiary/aromatic N) is 1. The Hall–Kier alpha value is -3.15. The maximum atomic E-state index is 13.7. The Morgan fingerprint density at radius 1 is 1.03 bits per heavy atom. The highest BCUT2D eigenvalue weighted by Crippen LogP contribution is 2.39. The van der Waals surface area contributed by atoms with E-state index in [4.69, 9.17) is 9.84 Å². The molecule has 0 amide bonds. The first kappa shape index (κ1) is 19.8. The van der Waals surface area contributed by atoms with Crippen molar-refractivity contribution >= 4 is 10.9 Å². The quantitative estimate of drug-likeness (QED) is 0.474. The Bertz CT molecular complexity index is 1190. The van der Waals surface area contributed by atoms with Gasteiger partial charge in [-0.3, -0.25) is 4.90 Å². The van der Waals surface area contributed by atoms with Crippen LogP contribution in [0.3, 0.4) is 0 Å². The van der Waals surface area contributed by atoms with Crippen molar-refractivity contribution in [1.82, 2.24) is 9.88 Å². The SMILES string of the molecule is OCCOc1cccc(CN2CCc3c([nH]c4ccccc34)C2c2ccc(F)cc2)c1. The molecule has 4 aromatic rings. The van der Waals surface area contributed by atoms with E-state index in [9.17, 15) is 4.39 Å². The molecular weight excluding hydrogens is 391 g/mol. The summed E-state index contributed by atoms with van der Waals surface area (Å²) in [5.41, 5.74) is 5.89. The number of hydrogen-bond acceptors (Lipinski definition) is 3. The maximum absolute atomic E-state index is 13.7. The van der Waals surface area contributed by atoms with Gasteiger partial charge in [0.05, 0.1) is 12.6 Å². The minimum Gasteiger partial charge on any atom is -0.491 e. The molecule has 1 aliphatic rings. The molecule has 0 bridgehead atoms. The van der Waals surface area contributed by atoms with E-state index >= 15 is 0 Å². The lowest BCUT2D eigenvalue weighted by Crippen LogP contribution is -2.35. The van der Waals surface area contributed by atoms with Crippen LogP contribution >= 0.6 is 0 Å². The summed E-state index contributed by atoms with van der Waals surface area (Å²) in [6.45, 7) is 1.92. The third-order valence-corrected chi connectivity index (χ3v) is 5.96. The summed E-state index contributed by atoms with van der Waals surface area (Å²) in [6.07, 6.45) is 0.956. The molecule has 1 atom stereocenters. The molecule has 5 rings (SSSR count). The molecule has 31 heavy (non-hydrogen) atoms. The summed E-state index contributed by atoms with van der Waals surface area (Å²) >= 11 is 0. The third kappa shape index (κ3) is 3.94. The highest BCUT2D eigenvalue weighted by atomic mass is 19.1. The highest BCUT2D eigenvalue weighted by Gasteiger charge is 2.31. The molecule has 0 aliphatic carbocycles. The van der Waals surface area contributed by atoms with Crippen molar-refractivity contribution < 1.29 is 14.2 Å². The summed E-state index contributed by atoms with van der Waals surface area (Å²) in [7, 11) is 0. The zero-order chi connectivity index (χ0) is 21.2. The molecule has 0 saturated carbocycles. The zero-order valence-electron chi connectivity index (χ0n) is 17.2. The number of nitrogens with one attached hydrogen (secondary N) is 1. The van der Waals surface area contributed by atoms with Gasteiger partial charge in [-0.15, -0.1) is 0 Å². The van der Waals surface area contributed by atoms with Crippen molar-refractivity contribution in [1.29, 1.82) is 0 Å². The molecule has 3 aromatic carbocycles. The second-order valence-corrected chi connectivity index (χ2v) is 7.96. The molecule has 0 saturated heterocycles. The summed E-state index contributed by atoms with van der Waals surface area (Å²) in [5, 5.41) is 10.3. The van der Waals surface area contributed by atoms with Gasteiger partial charge in [0.1, 0.15) is 18.2 Å². The standard InChI is InChI=1S/C26H25FN2O2/c27-20-10-8-19(9-11-20)26-25-23(22-6-1-2-7-24(22)28-25)12-13-29(26)17-18-4-3-5-21(16-18)31-15-14-30/h1-11,16,26,28,30H,12-15,17H2. The molecule has 1 aliphatic heterocycles. The van der Waals surface area contributed by atoms with E-state index in [-0.39, 0.29) is 25.1 Å². The van der Waals surface area contributed by atoms with Gasteiger partial charge in [-0.05, 0) is 53.4 Å². The molecule has 2 N–H and O–H groups in total. The van der Waals surface area contributed by atoms with Crippen LogP contribution in [0.1, 0.15) is 28.4 Å². The lowest BCUT2D eigenvalue weighted by Gasteiger charge is -2.36. The Balaban J connectivity index is 1.53. The van der Waals surface area contributed by atoms with Gasteiger partial charge in [-0.2, -0.15) is 0 Å². The monoisotopic (exact) mass is 416 g/mol. The maximum Gasteiger partial charge on any atom is 0.123 e. The lowest BCUT2D eigenvalue weighted by molar-refractivity contribution is 0.197. The second-order valence-electron chi connectivity index (χ2n) is 7.96. The molecular formula is C26H25FN2O2. The Morgan fingerprint density at radius 2 is 1.87 bits per heavy atom. The van der Waals surface area contributed by atoms with E-state index in [0.29, 0.717) is 0 Å². The van der Waals surface area contributed by atoms with Gasteiger partial charge in [0, 0.05) is 29.7 Å². The molecule has 1 aromatic heterocycles. The van der Waals surface area contributed by atoms with E-state index in [0.717, 1.165) is 41.9 Å². The van der Waals surface area contributed by atoms with Crippen LogP contribution in [0, 0.1) is 5.82 Å². The number of benzene rings is 3. The first-order valence-corrected chi connectivity index (χ1v) is 10.6. The number of rotatable bonds is 6. The van der Waals surface area contributed by atoms with Crippen molar-refractivity contribution in [2.24, 2.45) is 0 Å². The topological polar surface area (TPSA) is 48.5 Å². The molecule has 158 valence electrons. The summed E-state index contributed by atoms with van der Waals surface area (Å²) in [6, 6.07) is 23.3. The van der Waals surface area contributed by atoms with Crippen LogP contribution in [0.25, 0.3) is 10.9 Å². The minimum absolute atomic E-state index is 0.00778. The first-order chi connectivity index (χ1) is 15.2. The average molecular weight is 416 g/mol. The highest BCUT2D eigenvalue weighted by molar-refractivity contribution is 5.85. The predicted octanol–water partition coefficient (Wildman–Crippen LogP) is 4.83. The largest absolute Gasteiger partial charge is 0.491 e.